The molecule has 0 spiro atoms. The first-order valence-corrected chi connectivity index (χ1v) is 9.32. The molecule has 2 heterocycles. The second-order valence-corrected chi connectivity index (χ2v) is 7.32. The Bertz CT molecular complexity index is 854. The molecule has 2 aromatic rings. The predicted molar refractivity (Wildman–Crippen MR) is 107 cm³/mol. The summed E-state index contributed by atoms with van der Waals surface area (Å²) in [5, 5.41) is 12.9. The van der Waals surface area contributed by atoms with E-state index < -0.39 is 12.0 Å². The molecule has 148 valence electrons. The zero-order valence-electron chi connectivity index (χ0n) is 16.4. The second kappa shape index (κ2) is 8.39. The van der Waals surface area contributed by atoms with E-state index in [0.717, 1.165) is 16.9 Å². The van der Waals surface area contributed by atoms with Gasteiger partial charge in [-0.15, -0.1) is 0 Å². The number of hydrogen-bond acceptors (Lipinski definition) is 5. The van der Waals surface area contributed by atoms with Gasteiger partial charge in [0.1, 0.15) is 6.04 Å². The topological polar surface area (TPSA) is 85.8 Å². The number of likely N-dealkylation sites (tertiary alicyclic amines) is 1. The molecular weight excluding hydrogens is 356 g/mol. The summed E-state index contributed by atoms with van der Waals surface area (Å²) in [5.74, 6) is -1.20. The zero-order valence-corrected chi connectivity index (χ0v) is 16.4. The van der Waals surface area contributed by atoms with E-state index in [1.165, 1.54) is 4.90 Å². The van der Waals surface area contributed by atoms with Gasteiger partial charge < -0.3 is 20.2 Å². The van der Waals surface area contributed by atoms with Crippen molar-refractivity contribution in [2.45, 2.75) is 32.0 Å². The molecule has 7 heteroatoms. The van der Waals surface area contributed by atoms with Crippen LogP contribution in [0.4, 0.5) is 5.69 Å². The lowest BCUT2D eigenvalue weighted by Crippen LogP contribution is -2.41. The molecule has 3 rings (SSSR count). The summed E-state index contributed by atoms with van der Waals surface area (Å²) in [6, 6.07) is 10.4. The summed E-state index contributed by atoms with van der Waals surface area (Å²) in [5.41, 5.74) is 3.07. The standard InChI is InChI=1S/C21H26N4O3/c1-14-17(8-6-9-18(14)23-12-15-7-4-5-10-22-15)20(26)25-13-16(24(2)3)11-19(25)21(27)28/h4-10,16,19,23H,11-13H2,1-3H3,(H,27,28)/t16-,19+/m1/s1. The second-order valence-electron chi connectivity index (χ2n) is 7.32. The molecule has 1 amide bonds. The number of carboxylic acids is 1. The summed E-state index contributed by atoms with van der Waals surface area (Å²) in [6.45, 7) is 2.83. The van der Waals surface area contributed by atoms with Crippen molar-refractivity contribution in [3.05, 3.63) is 59.4 Å². The van der Waals surface area contributed by atoms with Gasteiger partial charge in [0.2, 0.25) is 0 Å². The number of likely N-dealkylation sites (N-methyl/N-ethyl adjacent to an activating group) is 1. The maximum atomic E-state index is 13.2. The van der Waals surface area contributed by atoms with Crippen LogP contribution in [0.15, 0.2) is 42.6 Å². The van der Waals surface area contributed by atoms with Crippen molar-refractivity contribution in [3.8, 4) is 0 Å². The van der Waals surface area contributed by atoms with E-state index in [-0.39, 0.29) is 11.9 Å². The fourth-order valence-corrected chi connectivity index (χ4v) is 3.55. The van der Waals surface area contributed by atoms with Gasteiger partial charge in [0.15, 0.2) is 0 Å². The number of rotatable bonds is 6. The van der Waals surface area contributed by atoms with Crippen molar-refractivity contribution < 1.29 is 14.7 Å². The van der Waals surface area contributed by atoms with Crippen LogP contribution in [0.2, 0.25) is 0 Å². The normalized spacial score (nSPS) is 19.1. The van der Waals surface area contributed by atoms with Crippen molar-refractivity contribution >= 4 is 17.6 Å². The van der Waals surface area contributed by atoms with Gasteiger partial charge in [-0.25, -0.2) is 4.79 Å². The molecule has 1 aromatic heterocycles. The molecule has 1 aliphatic heterocycles. The van der Waals surface area contributed by atoms with Gasteiger partial charge in [0.25, 0.3) is 5.91 Å². The van der Waals surface area contributed by atoms with Crippen LogP contribution in [0.25, 0.3) is 0 Å². The molecule has 0 radical (unpaired) electrons. The SMILES string of the molecule is Cc1c(NCc2ccccn2)cccc1C(=O)N1C[C@H](N(C)C)C[C@H]1C(=O)O. The highest BCUT2D eigenvalue weighted by molar-refractivity contribution is 5.99. The van der Waals surface area contributed by atoms with Gasteiger partial charge in [-0.2, -0.15) is 0 Å². The first kappa shape index (κ1) is 19.8. The minimum absolute atomic E-state index is 0.0378. The van der Waals surface area contributed by atoms with Crippen LogP contribution in [0.1, 0.15) is 28.0 Å². The van der Waals surface area contributed by atoms with E-state index in [1.807, 2.05) is 56.3 Å². The number of hydrogen-bond donors (Lipinski definition) is 2. The molecule has 0 aliphatic carbocycles. The minimum atomic E-state index is -0.959. The summed E-state index contributed by atoms with van der Waals surface area (Å²) >= 11 is 0. The van der Waals surface area contributed by atoms with Crippen LogP contribution < -0.4 is 5.32 Å². The van der Waals surface area contributed by atoms with Gasteiger partial charge in [-0.05, 0) is 57.3 Å². The maximum Gasteiger partial charge on any atom is 0.326 e. The monoisotopic (exact) mass is 382 g/mol. The Balaban J connectivity index is 1.80. The van der Waals surface area contributed by atoms with Crippen LogP contribution in [-0.4, -0.2) is 64.5 Å². The number of nitrogens with one attached hydrogen (secondary N) is 1. The summed E-state index contributed by atoms with van der Waals surface area (Å²) in [6.07, 6.45) is 2.18. The highest BCUT2D eigenvalue weighted by atomic mass is 16.4. The Kier molecular flexibility index (Phi) is 5.94. The van der Waals surface area contributed by atoms with Crippen molar-refractivity contribution in [2.24, 2.45) is 0 Å². The smallest absolute Gasteiger partial charge is 0.326 e. The number of pyridine rings is 1. The van der Waals surface area contributed by atoms with Crippen molar-refractivity contribution in [3.63, 3.8) is 0 Å². The molecular formula is C21H26N4O3. The van der Waals surface area contributed by atoms with Crippen molar-refractivity contribution in [1.82, 2.24) is 14.8 Å². The fraction of sp³-hybridized carbons (Fsp3) is 0.381. The Morgan fingerprint density at radius 2 is 2.04 bits per heavy atom. The molecule has 2 N–H and O–H groups in total. The highest BCUT2D eigenvalue weighted by Gasteiger charge is 2.41. The largest absolute Gasteiger partial charge is 0.480 e. The van der Waals surface area contributed by atoms with E-state index in [9.17, 15) is 14.7 Å². The molecule has 28 heavy (non-hydrogen) atoms. The molecule has 1 aromatic carbocycles. The number of carbonyl (C=O) groups excluding carboxylic acids is 1. The van der Waals surface area contributed by atoms with E-state index in [1.54, 1.807) is 12.3 Å². The molecule has 7 nitrogen and oxygen atoms in total. The number of benzene rings is 1. The van der Waals surface area contributed by atoms with Crippen LogP contribution in [0.5, 0.6) is 0 Å². The number of anilines is 1. The highest BCUT2D eigenvalue weighted by Crippen LogP contribution is 2.27. The van der Waals surface area contributed by atoms with Crippen LogP contribution in [0, 0.1) is 6.92 Å². The Hall–Kier alpha value is -2.93. The summed E-state index contributed by atoms with van der Waals surface area (Å²) in [7, 11) is 3.82. The first-order valence-electron chi connectivity index (χ1n) is 9.32. The molecule has 1 saturated heterocycles. The van der Waals surface area contributed by atoms with Crippen LogP contribution in [-0.2, 0) is 11.3 Å². The minimum Gasteiger partial charge on any atom is -0.480 e. The van der Waals surface area contributed by atoms with Gasteiger partial charge in [0.05, 0.1) is 12.2 Å². The lowest BCUT2D eigenvalue weighted by molar-refractivity contribution is -0.141. The average Bonchev–Trinajstić information content (AvgIpc) is 3.14. The van der Waals surface area contributed by atoms with Gasteiger partial charge >= 0.3 is 5.97 Å². The Morgan fingerprint density at radius 3 is 2.68 bits per heavy atom. The molecule has 1 aliphatic rings. The summed E-state index contributed by atoms with van der Waals surface area (Å²) < 4.78 is 0. The van der Waals surface area contributed by atoms with Gasteiger partial charge in [0, 0.05) is 30.0 Å². The Morgan fingerprint density at radius 1 is 1.25 bits per heavy atom. The lowest BCUT2D eigenvalue weighted by Gasteiger charge is -2.24. The molecule has 2 atom stereocenters. The third-order valence-electron chi connectivity index (χ3n) is 5.31. The van der Waals surface area contributed by atoms with Crippen LogP contribution >= 0.6 is 0 Å². The quantitative estimate of drug-likeness (QED) is 0.797. The number of nitrogens with zero attached hydrogens (tertiary/aromatic N) is 3. The summed E-state index contributed by atoms with van der Waals surface area (Å²) in [4.78, 5) is 32.6. The van der Waals surface area contributed by atoms with E-state index in [0.29, 0.717) is 25.1 Å². The average molecular weight is 382 g/mol. The molecule has 0 saturated carbocycles. The zero-order chi connectivity index (χ0) is 20.3. The molecule has 1 fully saturated rings. The lowest BCUT2D eigenvalue weighted by atomic mass is 10.0. The Labute approximate surface area is 165 Å². The van der Waals surface area contributed by atoms with Gasteiger partial charge in [-0.1, -0.05) is 12.1 Å². The molecule has 0 unspecified atom stereocenters. The number of aliphatic carboxylic acids is 1. The van der Waals surface area contributed by atoms with Crippen LogP contribution in [0.3, 0.4) is 0 Å². The number of carbonyl (C=O) groups is 2. The number of amides is 1. The van der Waals surface area contributed by atoms with Gasteiger partial charge in [-0.3, -0.25) is 9.78 Å². The fourth-order valence-electron chi connectivity index (χ4n) is 3.55. The van der Waals surface area contributed by atoms with E-state index in [2.05, 4.69) is 10.3 Å². The number of aromatic nitrogens is 1. The number of carboxylic acid groups (broad SMARTS) is 1. The predicted octanol–water partition coefficient (Wildman–Crippen LogP) is 2.23. The van der Waals surface area contributed by atoms with Crippen molar-refractivity contribution in [2.75, 3.05) is 26.0 Å². The maximum absolute atomic E-state index is 13.2. The van der Waals surface area contributed by atoms with E-state index in [4.69, 9.17) is 0 Å². The third-order valence-corrected chi connectivity index (χ3v) is 5.31. The first-order chi connectivity index (χ1) is 13.4. The third kappa shape index (κ3) is 4.14. The van der Waals surface area contributed by atoms with E-state index >= 15 is 0 Å². The molecule has 0 bridgehead atoms. The van der Waals surface area contributed by atoms with Crippen molar-refractivity contribution in [1.29, 1.82) is 0 Å².